The van der Waals surface area contributed by atoms with Crippen LogP contribution in [0.4, 0.5) is 37.8 Å². The molecule has 2 fully saturated rings. The van der Waals surface area contributed by atoms with Gasteiger partial charge in [-0.1, -0.05) is 13.5 Å². The van der Waals surface area contributed by atoms with E-state index in [1.54, 1.807) is 14.0 Å². The molecule has 0 spiro atoms. The molecule has 9 nitrogen and oxygen atoms in total. The molecule has 1 aliphatic carbocycles. The standard InChI is InChI=1S/C32H37F6N7O2/c1-16-9-23-25(12-22(16)26-27(32(36,37)38)17(2)10-24(40)28(26)35)41-31(47-15-21-11-19(34)13-43(21)4)42-29(23)44-7-8-45(30(46)18(3)33)20(14-44)5-6-39/h10,16,19-22H,3,5,7-9,11-15,40H2,1-2,4H3/t16-,19?,20?,21-,22-/m0/s1. The molecule has 0 saturated carbocycles. The number of carbonyl (C=O) groups is 1. The third-order valence-corrected chi connectivity index (χ3v) is 9.50. The smallest absolute Gasteiger partial charge is 0.417 e. The molecule has 1 aromatic carbocycles. The zero-order valence-electron chi connectivity index (χ0n) is 26.4. The number of amides is 1. The van der Waals surface area contributed by atoms with Crippen molar-refractivity contribution < 1.29 is 35.9 Å². The summed E-state index contributed by atoms with van der Waals surface area (Å²) in [5.41, 5.74) is 4.67. The summed E-state index contributed by atoms with van der Waals surface area (Å²) >= 11 is 0. The molecule has 1 aromatic heterocycles. The van der Waals surface area contributed by atoms with Gasteiger partial charge in [0.25, 0.3) is 5.91 Å². The number of aromatic nitrogens is 2. The number of ether oxygens (including phenoxy) is 1. The van der Waals surface area contributed by atoms with Crippen molar-refractivity contribution in [1.29, 1.82) is 5.26 Å². The molecular formula is C32H37F6N7O2. The van der Waals surface area contributed by atoms with E-state index in [0.29, 0.717) is 17.1 Å². The number of nitrogen functional groups attached to an aromatic ring is 1. The molecule has 2 aliphatic heterocycles. The van der Waals surface area contributed by atoms with Crippen molar-refractivity contribution in [1.82, 2.24) is 19.8 Å². The summed E-state index contributed by atoms with van der Waals surface area (Å²) in [4.78, 5) is 26.6. The number of aryl methyl sites for hydroxylation is 1. The van der Waals surface area contributed by atoms with Gasteiger partial charge in [0.15, 0.2) is 5.83 Å². The first-order chi connectivity index (χ1) is 22.1. The molecule has 0 radical (unpaired) electrons. The Hall–Kier alpha value is -4.06. The molecule has 5 rings (SSSR count). The number of alkyl halides is 4. The molecule has 3 aliphatic rings. The van der Waals surface area contributed by atoms with Gasteiger partial charge in [-0.05, 0) is 56.7 Å². The largest absolute Gasteiger partial charge is 0.462 e. The minimum atomic E-state index is -4.83. The third-order valence-electron chi connectivity index (χ3n) is 9.50. The second kappa shape index (κ2) is 13.2. The number of fused-ring (bicyclic) bond motifs is 1. The van der Waals surface area contributed by atoms with E-state index < -0.39 is 58.9 Å². The molecule has 2 saturated heterocycles. The molecule has 1 amide bonds. The summed E-state index contributed by atoms with van der Waals surface area (Å²) < 4.78 is 92.4. The molecule has 0 bridgehead atoms. The number of benzene rings is 1. The van der Waals surface area contributed by atoms with Gasteiger partial charge in [0.05, 0.1) is 35.5 Å². The zero-order valence-corrected chi connectivity index (χ0v) is 26.4. The van der Waals surface area contributed by atoms with E-state index in [1.807, 2.05) is 15.9 Å². The maximum Gasteiger partial charge on any atom is 0.417 e. The molecule has 2 aromatic rings. The maximum absolute atomic E-state index is 15.6. The lowest BCUT2D eigenvalue weighted by atomic mass is 9.73. The zero-order chi connectivity index (χ0) is 34.4. The van der Waals surface area contributed by atoms with E-state index in [9.17, 15) is 32.0 Å². The molecule has 2 unspecified atom stereocenters. The normalized spacial score (nSPS) is 25.0. The number of carbonyl (C=O) groups excluding carboxylic acids is 1. The average Bonchev–Trinajstić information content (AvgIpc) is 3.32. The van der Waals surface area contributed by atoms with E-state index in [1.165, 1.54) is 11.8 Å². The number of piperazine rings is 1. The van der Waals surface area contributed by atoms with Gasteiger partial charge in [0.2, 0.25) is 0 Å². The van der Waals surface area contributed by atoms with Gasteiger partial charge >= 0.3 is 12.2 Å². The average molecular weight is 666 g/mol. The van der Waals surface area contributed by atoms with Crippen molar-refractivity contribution in [3.8, 4) is 12.1 Å². The Labute approximate surface area is 269 Å². The quantitative estimate of drug-likeness (QED) is 0.253. The summed E-state index contributed by atoms with van der Waals surface area (Å²) in [5.74, 6) is -4.23. The highest BCUT2D eigenvalue weighted by molar-refractivity contribution is 5.91. The van der Waals surface area contributed by atoms with Crippen molar-refractivity contribution in [2.45, 2.75) is 69.9 Å². The summed E-state index contributed by atoms with van der Waals surface area (Å²) in [7, 11) is 1.77. The van der Waals surface area contributed by atoms with E-state index in [2.05, 4.69) is 16.5 Å². The van der Waals surface area contributed by atoms with Crippen LogP contribution < -0.4 is 15.4 Å². The number of nitriles is 1. The van der Waals surface area contributed by atoms with Crippen LogP contribution in [0.5, 0.6) is 6.01 Å². The van der Waals surface area contributed by atoms with Crippen molar-refractivity contribution in [3.63, 3.8) is 0 Å². The van der Waals surface area contributed by atoms with Crippen LogP contribution in [0.3, 0.4) is 0 Å². The SMILES string of the molecule is C=C(F)C(=O)N1CCN(c2nc(OC[C@@H]3CC(F)CN3C)nc3c2C[C@H](C)[C@@H](c2c(F)c(N)cc(C)c2C(F)(F)F)C3)CC1CC#N. The predicted octanol–water partition coefficient (Wildman–Crippen LogP) is 4.88. The third kappa shape index (κ3) is 6.83. The fourth-order valence-electron chi connectivity index (χ4n) is 7.16. The van der Waals surface area contributed by atoms with Gasteiger partial charge in [0.1, 0.15) is 24.4 Å². The van der Waals surface area contributed by atoms with E-state index in [-0.39, 0.29) is 81.8 Å². The number of nitrogens with two attached hydrogens (primary N) is 1. The Balaban J connectivity index is 1.56. The number of hydrogen-bond donors (Lipinski definition) is 1. The fraction of sp³-hybridized carbons (Fsp3) is 0.562. The maximum atomic E-state index is 15.6. The van der Waals surface area contributed by atoms with Crippen molar-refractivity contribution in [2.75, 3.05) is 50.5 Å². The first kappa shape index (κ1) is 34.3. The van der Waals surface area contributed by atoms with Gasteiger partial charge in [-0.3, -0.25) is 9.69 Å². The number of nitrogens with zero attached hydrogens (tertiary/aromatic N) is 6. The second-order valence-corrected chi connectivity index (χ2v) is 12.7. The molecule has 2 N–H and O–H groups in total. The van der Waals surface area contributed by atoms with Crippen LogP contribution in [0.25, 0.3) is 0 Å². The molecule has 3 heterocycles. The number of likely N-dealkylation sites (tertiary alicyclic amines) is 1. The van der Waals surface area contributed by atoms with Crippen LogP contribution in [-0.2, 0) is 23.8 Å². The lowest BCUT2D eigenvalue weighted by Crippen LogP contribution is -2.55. The summed E-state index contributed by atoms with van der Waals surface area (Å²) in [6.07, 6.45) is -5.61. The van der Waals surface area contributed by atoms with Crippen LogP contribution >= 0.6 is 0 Å². The second-order valence-electron chi connectivity index (χ2n) is 12.7. The van der Waals surface area contributed by atoms with Crippen LogP contribution in [0.15, 0.2) is 18.5 Å². The predicted molar refractivity (Wildman–Crippen MR) is 162 cm³/mol. The van der Waals surface area contributed by atoms with Gasteiger partial charge in [-0.25, -0.2) is 13.2 Å². The van der Waals surface area contributed by atoms with E-state index in [4.69, 9.17) is 10.5 Å². The Morgan fingerprint density at radius 1 is 1.21 bits per heavy atom. The van der Waals surface area contributed by atoms with Gasteiger partial charge < -0.3 is 20.3 Å². The van der Waals surface area contributed by atoms with Gasteiger partial charge in [0, 0.05) is 43.3 Å². The topological polar surface area (TPSA) is 112 Å². The Morgan fingerprint density at radius 3 is 2.55 bits per heavy atom. The summed E-state index contributed by atoms with van der Waals surface area (Å²) in [6, 6.07) is 1.96. The minimum Gasteiger partial charge on any atom is -0.462 e. The van der Waals surface area contributed by atoms with Crippen molar-refractivity contribution in [2.24, 2.45) is 5.92 Å². The van der Waals surface area contributed by atoms with Gasteiger partial charge in [-0.2, -0.15) is 28.4 Å². The first-order valence-electron chi connectivity index (χ1n) is 15.4. The molecule has 15 heteroatoms. The summed E-state index contributed by atoms with van der Waals surface area (Å²) in [5, 5.41) is 9.46. The Bertz CT molecular complexity index is 1600. The number of anilines is 2. The highest BCUT2D eigenvalue weighted by Gasteiger charge is 2.43. The number of hydrogen-bond acceptors (Lipinski definition) is 8. The highest BCUT2D eigenvalue weighted by Crippen LogP contribution is 2.47. The van der Waals surface area contributed by atoms with E-state index >= 15 is 4.39 Å². The van der Waals surface area contributed by atoms with Crippen molar-refractivity contribution >= 4 is 17.4 Å². The molecule has 5 atom stereocenters. The van der Waals surface area contributed by atoms with Crippen LogP contribution in [-0.4, -0.2) is 83.8 Å². The van der Waals surface area contributed by atoms with E-state index in [0.717, 1.165) is 6.07 Å². The molecule has 47 heavy (non-hydrogen) atoms. The Kier molecular flexibility index (Phi) is 9.64. The monoisotopic (exact) mass is 665 g/mol. The summed E-state index contributed by atoms with van der Waals surface area (Å²) in [6.45, 7) is 6.70. The van der Waals surface area contributed by atoms with Crippen LogP contribution in [0, 0.1) is 30.0 Å². The highest BCUT2D eigenvalue weighted by atomic mass is 19.4. The first-order valence-corrected chi connectivity index (χ1v) is 15.4. The minimum absolute atomic E-state index is 0.0498. The fourth-order valence-corrected chi connectivity index (χ4v) is 7.16. The molecular weight excluding hydrogens is 628 g/mol. The van der Waals surface area contributed by atoms with Crippen molar-refractivity contribution in [3.05, 3.63) is 52.2 Å². The lowest BCUT2D eigenvalue weighted by Gasteiger charge is -2.42. The lowest BCUT2D eigenvalue weighted by molar-refractivity contribution is -0.139. The van der Waals surface area contributed by atoms with Gasteiger partial charge in [-0.15, -0.1) is 0 Å². The number of likely N-dealkylation sites (N-methyl/N-ethyl adjacent to an activating group) is 1. The number of halogens is 6. The van der Waals surface area contributed by atoms with Crippen LogP contribution in [0.1, 0.15) is 53.6 Å². The van der Waals surface area contributed by atoms with Crippen LogP contribution in [0.2, 0.25) is 0 Å². The molecule has 254 valence electrons. The Morgan fingerprint density at radius 2 is 1.94 bits per heavy atom. The number of rotatable bonds is 7.